The monoisotopic (exact) mass is 357 g/mol. The van der Waals surface area contributed by atoms with E-state index >= 15 is 0 Å². The number of anilines is 1. The Morgan fingerprint density at radius 1 is 0.792 bits per heavy atom. The van der Waals surface area contributed by atoms with Crippen molar-refractivity contribution < 1.29 is 4.74 Å². The summed E-state index contributed by atoms with van der Waals surface area (Å²) >= 11 is 12.0. The molecule has 0 bridgehead atoms. The van der Waals surface area contributed by atoms with Gasteiger partial charge in [0.25, 0.3) is 0 Å². The van der Waals surface area contributed by atoms with Gasteiger partial charge in [0, 0.05) is 27.8 Å². The van der Waals surface area contributed by atoms with Crippen LogP contribution in [0.15, 0.2) is 72.8 Å². The topological polar surface area (TPSA) is 21.3 Å². The van der Waals surface area contributed by atoms with Gasteiger partial charge in [0.15, 0.2) is 0 Å². The first-order chi connectivity index (χ1) is 11.7. The number of nitrogens with one attached hydrogen (secondary N) is 1. The molecule has 4 heteroatoms. The van der Waals surface area contributed by atoms with Crippen molar-refractivity contribution in [3.05, 3.63) is 94.0 Å². The van der Waals surface area contributed by atoms with E-state index in [0.29, 0.717) is 18.2 Å². The molecule has 0 radical (unpaired) electrons. The van der Waals surface area contributed by atoms with Crippen LogP contribution in [-0.2, 0) is 13.2 Å². The Bertz CT molecular complexity index is 788. The van der Waals surface area contributed by atoms with Crippen LogP contribution in [0.2, 0.25) is 10.0 Å². The average molecular weight is 358 g/mol. The molecule has 24 heavy (non-hydrogen) atoms. The molecule has 0 aromatic heterocycles. The van der Waals surface area contributed by atoms with Crippen molar-refractivity contribution in [2.75, 3.05) is 5.32 Å². The largest absolute Gasteiger partial charge is 0.489 e. The molecule has 0 aliphatic carbocycles. The molecule has 3 aromatic carbocycles. The zero-order valence-electron chi connectivity index (χ0n) is 13.0. The fraction of sp³-hybridized carbons (Fsp3) is 0.100. The summed E-state index contributed by atoms with van der Waals surface area (Å²) in [5.41, 5.74) is 3.13. The van der Waals surface area contributed by atoms with Gasteiger partial charge in [-0.25, -0.2) is 0 Å². The third-order valence-corrected chi connectivity index (χ3v) is 4.07. The van der Waals surface area contributed by atoms with Crippen LogP contribution in [0, 0.1) is 0 Å². The van der Waals surface area contributed by atoms with E-state index in [-0.39, 0.29) is 0 Å². The maximum atomic E-state index is 6.14. The van der Waals surface area contributed by atoms with Gasteiger partial charge in [0.05, 0.1) is 0 Å². The van der Waals surface area contributed by atoms with Crippen molar-refractivity contribution in [1.29, 1.82) is 0 Å². The van der Waals surface area contributed by atoms with Gasteiger partial charge in [-0.1, -0.05) is 53.5 Å². The third-order valence-electron chi connectivity index (χ3n) is 3.59. The minimum atomic E-state index is 0.524. The lowest BCUT2D eigenvalue weighted by Crippen LogP contribution is -2.03. The number of rotatable bonds is 6. The highest BCUT2D eigenvalue weighted by Gasteiger charge is 2.06. The first kappa shape index (κ1) is 16.7. The van der Waals surface area contributed by atoms with Crippen molar-refractivity contribution in [2.24, 2.45) is 0 Å². The van der Waals surface area contributed by atoms with Gasteiger partial charge in [-0.15, -0.1) is 0 Å². The van der Waals surface area contributed by atoms with Crippen molar-refractivity contribution in [3.8, 4) is 5.75 Å². The highest BCUT2D eigenvalue weighted by Crippen LogP contribution is 2.25. The molecule has 2 nitrogen and oxygen atoms in total. The first-order valence-corrected chi connectivity index (χ1v) is 8.41. The molecule has 0 aliphatic heterocycles. The molecule has 3 aromatic rings. The van der Waals surface area contributed by atoms with Crippen LogP contribution in [0.3, 0.4) is 0 Å². The van der Waals surface area contributed by atoms with Crippen molar-refractivity contribution in [2.45, 2.75) is 13.2 Å². The third kappa shape index (κ3) is 4.67. The number of benzene rings is 3. The fourth-order valence-corrected chi connectivity index (χ4v) is 2.65. The quantitative estimate of drug-likeness (QED) is 0.568. The lowest BCUT2D eigenvalue weighted by molar-refractivity contribution is 0.303. The van der Waals surface area contributed by atoms with Crippen molar-refractivity contribution >= 4 is 28.9 Å². The second-order valence-electron chi connectivity index (χ2n) is 5.39. The lowest BCUT2D eigenvalue weighted by Gasteiger charge is -2.13. The fourth-order valence-electron chi connectivity index (χ4n) is 2.33. The molecule has 0 atom stereocenters. The van der Waals surface area contributed by atoms with E-state index in [0.717, 1.165) is 27.6 Å². The highest BCUT2D eigenvalue weighted by atomic mass is 35.5. The predicted octanol–water partition coefficient (Wildman–Crippen LogP) is 6.18. The summed E-state index contributed by atoms with van der Waals surface area (Å²) in [6.45, 7) is 1.14. The number of halogens is 2. The summed E-state index contributed by atoms with van der Waals surface area (Å²) in [6.07, 6.45) is 0. The van der Waals surface area contributed by atoms with Crippen LogP contribution in [0.5, 0.6) is 5.75 Å². The highest BCUT2D eigenvalue weighted by molar-refractivity contribution is 6.31. The average Bonchev–Trinajstić information content (AvgIpc) is 2.61. The van der Waals surface area contributed by atoms with Crippen LogP contribution < -0.4 is 10.1 Å². The maximum Gasteiger partial charge on any atom is 0.124 e. The summed E-state index contributed by atoms with van der Waals surface area (Å²) in [4.78, 5) is 0. The lowest BCUT2D eigenvalue weighted by atomic mass is 10.2. The maximum absolute atomic E-state index is 6.14. The van der Waals surface area contributed by atoms with Gasteiger partial charge in [-0.2, -0.15) is 0 Å². The molecule has 122 valence electrons. The SMILES string of the molecule is Clc1ccc(NCc2cc(Cl)ccc2OCc2ccccc2)cc1. The molecule has 0 unspecified atom stereocenters. The Balaban J connectivity index is 1.69. The molecule has 0 aliphatic rings. The zero-order valence-corrected chi connectivity index (χ0v) is 14.5. The first-order valence-electron chi connectivity index (χ1n) is 7.65. The Labute approximate surface area is 152 Å². The van der Waals surface area contributed by atoms with Crippen LogP contribution >= 0.6 is 23.2 Å². The van der Waals surface area contributed by atoms with E-state index in [4.69, 9.17) is 27.9 Å². The molecule has 0 amide bonds. The van der Waals surface area contributed by atoms with E-state index in [1.807, 2.05) is 72.8 Å². The minimum Gasteiger partial charge on any atom is -0.489 e. The minimum absolute atomic E-state index is 0.524. The van der Waals surface area contributed by atoms with Crippen LogP contribution in [-0.4, -0.2) is 0 Å². The summed E-state index contributed by atoms with van der Waals surface area (Å²) < 4.78 is 5.97. The van der Waals surface area contributed by atoms with Gasteiger partial charge >= 0.3 is 0 Å². The van der Waals surface area contributed by atoms with Crippen molar-refractivity contribution in [3.63, 3.8) is 0 Å². The number of ether oxygens (including phenoxy) is 1. The smallest absolute Gasteiger partial charge is 0.124 e. The molecule has 0 saturated carbocycles. The Morgan fingerprint density at radius 3 is 2.25 bits per heavy atom. The van der Waals surface area contributed by atoms with E-state index in [9.17, 15) is 0 Å². The molecular weight excluding hydrogens is 341 g/mol. The summed E-state index contributed by atoms with van der Waals surface area (Å²) in [6, 6.07) is 23.4. The van der Waals surface area contributed by atoms with E-state index in [1.165, 1.54) is 0 Å². The molecule has 0 fully saturated rings. The molecule has 0 spiro atoms. The van der Waals surface area contributed by atoms with Crippen LogP contribution in [0.25, 0.3) is 0 Å². The number of hydrogen-bond donors (Lipinski definition) is 1. The van der Waals surface area contributed by atoms with Gasteiger partial charge in [-0.3, -0.25) is 0 Å². The molecule has 0 saturated heterocycles. The van der Waals surface area contributed by atoms with Crippen LogP contribution in [0.4, 0.5) is 5.69 Å². The second kappa shape index (κ2) is 8.09. The standard InChI is InChI=1S/C20H17Cl2NO/c21-17-6-9-19(10-7-17)23-13-16-12-18(22)8-11-20(16)24-14-15-4-2-1-3-5-15/h1-12,23H,13-14H2. The van der Waals surface area contributed by atoms with Crippen LogP contribution in [0.1, 0.15) is 11.1 Å². The van der Waals surface area contributed by atoms with E-state index in [2.05, 4.69) is 5.32 Å². The second-order valence-corrected chi connectivity index (χ2v) is 6.26. The Hall–Kier alpha value is -2.16. The van der Waals surface area contributed by atoms with Gasteiger partial charge in [-0.05, 0) is 48.0 Å². The zero-order chi connectivity index (χ0) is 16.8. The summed E-state index contributed by atoms with van der Waals surface area (Å²) in [7, 11) is 0. The van der Waals surface area contributed by atoms with E-state index in [1.54, 1.807) is 0 Å². The summed E-state index contributed by atoms with van der Waals surface area (Å²) in [5.74, 6) is 0.824. The number of hydrogen-bond acceptors (Lipinski definition) is 2. The Morgan fingerprint density at radius 2 is 1.50 bits per heavy atom. The van der Waals surface area contributed by atoms with Gasteiger partial charge in [0.2, 0.25) is 0 Å². The Kier molecular flexibility index (Phi) is 5.63. The normalized spacial score (nSPS) is 10.4. The van der Waals surface area contributed by atoms with Crippen molar-refractivity contribution in [1.82, 2.24) is 0 Å². The predicted molar refractivity (Wildman–Crippen MR) is 101 cm³/mol. The van der Waals surface area contributed by atoms with E-state index < -0.39 is 0 Å². The molecule has 1 N–H and O–H groups in total. The van der Waals surface area contributed by atoms with Gasteiger partial charge in [0.1, 0.15) is 12.4 Å². The molecule has 3 rings (SSSR count). The summed E-state index contributed by atoms with van der Waals surface area (Å²) in [5, 5.41) is 4.76. The molecule has 0 heterocycles. The molecular formula is C20H17Cl2NO. The van der Waals surface area contributed by atoms with Gasteiger partial charge < -0.3 is 10.1 Å².